The van der Waals surface area contributed by atoms with Gasteiger partial charge in [0.15, 0.2) is 0 Å². The summed E-state index contributed by atoms with van der Waals surface area (Å²) in [5.74, 6) is -0.174. The number of halogens is 3. The molecule has 0 atom stereocenters. The van der Waals surface area contributed by atoms with Gasteiger partial charge in [0.1, 0.15) is 0 Å². The van der Waals surface area contributed by atoms with E-state index in [1.807, 2.05) is 6.92 Å². The molecule has 0 radical (unpaired) electrons. The molecule has 0 aliphatic heterocycles. The lowest BCUT2D eigenvalue weighted by Crippen LogP contribution is -2.11. The molecule has 17 heavy (non-hydrogen) atoms. The summed E-state index contributed by atoms with van der Waals surface area (Å²) in [5, 5.41) is 2.55. The lowest BCUT2D eigenvalue weighted by molar-refractivity contribution is -0.137. The van der Waals surface area contributed by atoms with Crippen LogP contribution in [-0.2, 0) is 11.0 Å². The molecule has 1 N–H and O–H groups in total. The third-order valence-electron chi connectivity index (χ3n) is 2.25. The first-order chi connectivity index (χ1) is 7.93. The van der Waals surface area contributed by atoms with Crippen LogP contribution in [0.4, 0.5) is 18.9 Å². The highest BCUT2D eigenvalue weighted by Crippen LogP contribution is 2.29. The van der Waals surface area contributed by atoms with Crippen molar-refractivity contribution in [2.45, 2.75) is 32.4 Å². The van der Waals surface area contributed by atoms with Crippen LogP contribution in [0.1, 0.15) is 31.7 Å². The number of amides is 1. The van der Waals surface area contributed by atoms with Crippen LogP contribution in [0.2, 0.25) is 0 Å². The van der Waals surface area contributed by atoms with E-state index in [1.54, 1.807) is 0 Å². The first-order valence-electron chi connectivity index (χ1n) is 5.40. The van der Waals surface area contributed by atoms with Gasteiger partial charge in [-0.25, -0.2) is 0 Å². The van der Waals surface area contributed by atoms with Crippen molar-refractivity contribution < 1.29 is 18.0 Å². The normalized spacial score (nSPS) is 11.3. The number of hydrogen-bond acceptors (Lipinski definition) is 1. The molecule has 1 aromatic rings. The molecule has 5 heteroatoms. The predicted octanol–water partition coefficient (Wildman–Crippen LogP) is 3.83. The Balaban J connectivity index is 2.60. The molecule has 1 aromatic carbocycles. The van der Waals surface area contributed by atoms with Crippen LogP contribution in [0, 0.1) is 0 Å². The fraction of sp³-hybridized carbons (Fsp3) is 0.417. The van der Waals surface area contributed by atoms with E-state index >= 15 is 0 Å². The van der Waals surface area contributed by atoms with Crippen molar-refractivity contribution in [3.8, 4) is 0 Å². The molecule has 1 rings (SSSR count). The maximum atomic E-state index is 12.3. The van der Waals surface area contributed by atoms with Crippen LogP contribution >= 0.6 is 0 Å². The highest BCUT2D eigenvalue weighted by Gasteiger charge is 2.29. The summed E-state index contributed by atoms with van der Waals surface area (Å²) in [4.78, 5) is 11.3. The first kappa shape index (κ1) is 13.5. The monoisotopic (exact) mass is 245 g/mol. The van der Waals surface area contributed by atoms with Gasteiger partial charge in [0.05, 0.1) is 5.56 Å². The van der Waals surface area contributed by atoms with E-state index < -0.39 is 11.7 Å². The summed E-state index contributed by atoms with van der Waals surface area (Å²) in [6.07, 6.45) is -2.28. The number of rotatable bonds is 4. The van der Waals surface area contributed by atoms with E-state index in [9.17, 15) is 18.0 Å². The molecule has 0 spiro atoms. The second-order valence-corrected chi connectivity index (χ2v) is 3.73. The second kappa shape index (κ2) is 5.70. The maximum absolute atomic E-state index is 12.3. The van der Waals surface area contributed by atoms with E-state index in [0.717, 1.165) is 25.0 Å². The third-order valence-corrected chi connectivity index (χ3v) is 2.25. The minimum Gasteiger partial charge on any atom is -0.326 e. The van der Waals surface area contributed by atoms with Gasteiger partial charge in [-0.15, -0.1) is 0 Å². The molecule has 0 unspecified atom stereocenters. The zero-order valence-electron chi connectivity index (χ0n) is 9.47. The van der Waals surface area contributed by atoms with E-state index in [0.29, 0.717) is 12.1 Å². The molecule has 0 heterocycles. The van der Waals surface area contributed by atoms with Crippen molar-refractivity contribution in [3.05, 3.63) is 29.8 Å². The second-order valence-electron chi connectivity index (χ2n) is 3.73. The van der Waals surface area contributed by atoms with Gasteiger partial charge in [-0.05, 0) is 30.7 Å². The largest absolute Gasteiger partial charge is 0.416 e. The number of carbonyl (C=O) groups is 1. The summed E-state index contributed by atoms with van der Waals surface area (Å²) in [7, 11) is 0. The Morgan fingerprint density at radius 2 is 1.82 bits per heavy atom. The Morgan fingerprint density at radius 1 is 1.24 bits per heavy atom. The fourth-order valence-corrected chi connectivity index (χ4v) is 1.30. The van der Waals surface area contributed by atoms with Gasteiger partial charge in [-0.3, -0.25) is 4.79 Å². The number of hydrogen-bond donors (Lipinski definition) is 1. The Morgan fingerprint density at radius 3 is 2.29 bits per heavy atom. The lowest BCUT2D eigenvalue weighted by Gasteiger charge is -2.08. The Bertz CT molecular complexity index is 370. The van der Waals surface area contributed by atoms with Crippen molar-refractivity contribution in [3.63, 3.8) is 0 Å². The number of unbranched alkanes of at least 4 members (excludes halogenated alkanes) is 1. The van der Waals surface area contributed by atoms with E-state index in [2.05, 4.69) is 5.32 Å². The molecule has 0 bridgehead atoms. The number of anilines is 1. The van der Waals surface area contributed by atoms with Crippen molar-refractivity contribution >= 4 is 11.6 Å². The van der Waals surface area contributed by atoms with Crippen molar-refractivity contribution in [1.29, 1.82) is 0 Å². The molecule has 0 aliphatic rings. The molecule has 0 fully saturated rings. The van der Waals surface area contributed by atoms with Crippen LogP contribution in [-0.4, -0.2) is 5.91 Å². The highest BCUT2D eigenvalue weighted by atomic mass is 19.4. The minimum absolute atomic E-state index is 0.174. The highest BCUT2D eigenvalue weighted by molar-refractivity contribution is 5.90. The van der Waals surface area contributed by atoms with Gasteiger partial charge in [-0.1, -0.05) is 13.3 Å². The number of benzene rings is 1. The quantitative estimate of drug-likeness (QED) is 0.858. The summed E-state index contributed by atoms with van der Waals surface area (Å²) < 4.78 is 36.8. The maximum Gasteiger partial charge on any atom is 0.416 e. The summed E-state index contributed by atoms with van der Waals surface area (Å²) in [5.41, 5.74) is -0.330. The van der Waals surface area contributed by atoms with E-state index in [-0.39, 0.29) is 5.91 Å². The molecular formula is C12H14F3NO. The number of alkyl halides is 3. The van der Waals surface area contributed by atoms with Gasteiger partial charge in [-0.2, -0.15) is 13.2 Å². The molecule has 94 valence electrons. The number of carbonyl (C=O) groups excluding carboxylic acids is 1. The zero-order chi connectivity index (χ0) is 12.9. The topological polar surface area (TPSA) is 29.1 Å². The Hall–Kier alpha value is -1.52. The Labute approximate surface area is 97.8 Å². The van der Waals surface area contributed by atoms with Gasteiger partial charge >= 0.3 is 6.18 Å². The summed E-state index contributed by atoms with van der Waals surface area (Å²) in [6, 6.07) is 4.42. The Kier molecular flexibility index (Phi) is 4.54. The van der Waals surface area contributed by atoms with Crippen LogP contribution in [0.25, 0.3) is 0 Å². The first-order valence-corrected chi connectivity index (χ1v) is 5.40. The van der Waals surface area contributed by atoms with Gasteiger partial charge < -0.3 is 5.32 Å². The lowest BCUT2D eigenvalue weighted by atomic mass is 10.2. The molecule has 0 saturated carbocycles. The van der Waals surface area contributed by atoms with Crippen molar-refractivity contribution in [2.24, 2.45) is 0 Å². The SMILES string of the molecule is CCCCC(=O)Nc1ccc(C(F)(F)F)cc1. The summed E-state index contributed by atoms with van der Waals surface area (Å²) in [6.45, 7) is 1.96. The van der Waals surface area contributed by atoms with Crippen LogP contribution in [0.5, 0.6) is 0 Å². The molecule has 1 amide bonds. The van der Waals surface area contributed by atoms with Crippen LogP contribution in [0.3, 0.4) is 0 Å². The van der Waals surface area contributed by atoms with Crippen molar-refractivity contribution in [2.75, 3.05) is 5.32 Å². The van der Waals surface area contributed by atoms with Gasteiger partial charge in [0, 0.05) is 12.1 Å². The van der Waals surface area contributed by atoms with Gasteiger partial charge in [0.25, 0.3) is 0 Å². The standard InChI is InChI=1S/C12H14F3NO/c1-2-3-4-11(17)16-10-7-5-9(6-8-10)12(13,14)15/h5-8H,2-4H2,1H3,(H,16,17). The fourth-order valence-electron chi connectivity index (χ4n) is 1.30. The smallest absolute Gasteiger partial charge is 0.326 e. The molecule has 0 aromatic heterocycles. The molecule has 0 saturated heterocycles. The third kappa shape index (κ3) is 4.46. The number of nitrogens with one attached hydrogen (secondary N) is 1. The van der Waals surface area contributed by atoms with Gasteiger partial charge in [0.2, 0.25) is 5.91 Å². The molecule has 2 nitrogen and oxygen atoms in total. The average molecular weight is 245 g/mol. The predicted molar refractivity (Wildman–Crippen MR) is 59.6 cm³/mol. The zero-order valence-corrected chi connectivity index (χ0v) is 9.47. The van der Waals surface area contributed by atoms with E-state index in [4.69, 9.17) is 0 Å². The average Bonchev–Trinajstić information content (AvgIpc) is 2.26. The summed E-state index contributed by atoms with van der Waals surface area (Å²) >= 11 is 0. The minimum atomic E-state index is -4.34. The molecular weight excluding hydrogens is 231 g/mol. The van der Waals surface area contributed by atoms with E-state index in [1.165, 1.54) is 12.1 Å². The van der Waals surface area contributed by atoms with Crippen LogP contribution < -0.4 is 5.32 Å². The van der Waals surface area contributed by atoms with Crippen molar-refractivity contribution in [1.82, 2.24) is 0 Å². The molecule has 0 aliphatic carbocycles. The van der Waals surface area contributed by atoms with Crippen LogP contribution in [0.15, 0.2) is 24.3 Å².